The molecule has 132 valence electrons. The number of nitrogens with one attached hydrogen (secondary N) is 1. The fourth-order valence-electron chi connectivity index (χ4n) is 4.06. The summed E-state index contributed by atoms with van der Waals surface area (Å²) in [5.74, 6) is 2.65. The number of likely N-dealkylation sites (tertiary alicyclic amines) is 1. The quantitative estimate of drug-likeness (QED) is 0.857. The number of rotatable bonds is 6. The molecule has 0 bridgehead atoms. The Morgan fingerprint density at radius 2 is 2.17 bits per heavy atom. The van der Waals surface area contributed by atoms with Gasteiger partial charge in [-0.2, -0.15) is 0 Å². The zero-order valence-electron chi connectivity index (χ0n) is 14.6. The molecule has 6 heteroatoms. The number of aryl methyl sites for hydroxylation is 2. The van der Waals surface area contributed by atoms with E-state index >= 15 is 0 Å². The molecule has 2 aliphatic heterocycles. The van der Waals surface area contributed by atoms with Crippen molar-refractivity contribution in [3.05, 3.63) is 17.0 Å². The molecule has 1 aliphatic carbocycles. The molecular weight excluding hydrogens is 306 g/mol. The molecule has 0 unspecified atom stereocenters. The molecule has 0 radical (unpaired) electrons. The van der Waals surface area contributed by atoms with Crippen LogP contribution in [0, 0.1) is 31.6 Å². The summed E-state index contributed by atoms with van der Waals surface area (Å²) >= 11 is 0. The fourth-order valence-corrected chi connectivity index (χ4v) is 4.06. The van der Waals surface area contributed by atoms with Crippen LogP contribution in [0.5, 0.6) is 0 Å². The van der Waals surface area contributed by atoms with Crippen LogP contribution in [-0.2, 0) is 16.1 Å². The maximum absolute atomic E-state index is 12.1. The number of hydrogen-bond donors (Lipinski definition) is 1. The average molecular weight is 333 g/mol. The highest BCUT2D eigenvalue weighted by molar-refractivity contribution is 5.76. The van der Waals surface area contributed by atoms with Gasteiger partial charge in [0.2, 0.25) is 5.91 Å². The topological polar surface area (TPSA) is 67.6 Å². The van der Waals surface area contributed by atoms with Gasteiger partial charge in [0, 0.05) is 44.1 Å². The van der Waals surface area contributed by atoms with Crippen molar-refractivity contribution in [3.63, 3.8) is 0 Å². The number of nitrogens with zero attached hydrogens (tertiary/aromatic N) is 2. The third-order valence-corrected chi connectivity index (χ3v) is 5.81. The Morgan fingerprint density at radius 1 is 1.33 bits per heavy atom. The largest absolute Gasteiger partial charge is 0.376 e. The van der Waals surface area contributed by atoms with Crippen LogP contribution < -0.4 is 5.32 Å². The molecule has 1 amide bonds. The molecule has 4 rings (SSSR count). The van der Waals surface area contributed by atoms with Crippen LogP contribution in [0.3, 0.4) is 0 Å². The lowest BCUT2D eigenvalue weighted by atomic mass is 9.90. The SMILES string of the molecule is Cc1noc(C)c1CN1C[C@@H]2[C@@H](CC(=O)NCC3CC3)CO[C@@H]2C1. The van der Waals surface area contributed by atoms with Gasteiger partial charge in [-0.05, 0) is 38.5 Å². The summed E-state index contributed by atoms with van der Waals surface area (Å²) in [7, 11) is 0. The summed E-state index contributed by atoms with van der Waals surface area (Å²) in [5.41, 5.74) is 2.16. The van der Waals surface area contributed by atoms with Crippen LogP contribution in [0.25, 0.3) is 0 Å². The highest BCUT2D eigenvalue weighted by atomic mass is 16.5. The smallest absolute Gasteiger partial charge is 0.220 e. The number of amides is 1. The highest BCUT2D eigenvalue weighted by Gasteiger charge is 2.44. The molecule has 1 N–H and O–H groups in total. The molecule has 3 atom stereocenters. The minimum atomic E-state index is 0.195. The summed E-state index contributed by atoms with van der Waals surface area (Å²) in [6.45, 7) is 8.34. The van der Waals surface area contributed by atoms with E-state index in [0.29, 0.717) is 18.3 Å². The monoisotopic (exact) mass is 333 g/mol. The Morgan fingerprint density at radius 3 is 2.88 bits per heavy atom. The van der Waals surface area contributed by atoms with Crippen molar-refractivity contribution in [2.24, 2.45) is 17.8 Å². The Balaban J connectivity index is 1.30. The summed E-state index contributed by atoms with van der Waals surface area (Å²) < 4.78 is 11.2. The fraction of sp³-hybridized carbons (Fsp3) is 0.778. The van der Waals surface area contributed by atoms with Gasteiger partial charge in [0.25, 0.3) is 0 Å². The number of aromatic nitrogens is 1. The van der Waals surface area contributed by atoms with Gasteiger partial charge in [-0.3, -0.25) is 9.69 Å². The van der Waals surface area contributed by atoms with Gasteiger partial charge in [-0.15, -0.1) is 0 Å². The number of ether oxygens (including phenoxy) is 1. The zero-order chi connectivity index (χ0) is 16.7. The Kier molecular flexibility index (Phi) is 4.35. The molecule has 3 fully saturated rings. The predicted octanol–water partition coefficient (Wildman–Crippen LogP) is 1.65. The molecule has 6 nitrogen and oxygen atoms in total. The van der Waals surface area contributed by atoms with E-state index in [4.69, 9.17) is 9.26 Å². The molecule has 3 heterocycles. The van der Waals surface area contributed by atoms with E-state index in [1.54, 1.807) is 0 Å². The Hall–Kier alpha value is -1.40. The van der Waals surface area contributed by atoms with Gasteiger partial charge >= 0.3 is 0 Å². The molecule has 0 aromatic carbocycles. The molecule has 1 aromatic rings. The van der Waals surface area contributed by atoms with Crippen molar-refractivity contribution >= 4 is 5.91 Å². The van der Waals surface area contributed by atoms with Crippen molar-refractivity contribution in [3.8, 4) is 0 Å². The lowest BCUT2D eigenvalue weighted by molar-refractivity contribution is -0.122. The Bertz CT molecular complexity index is 591. The first-order valence-corrected chi connectivity index (χ1v) is 9.12. The molecule has 1 aromatic heterocycles. The first-order chi connectivity index (χ1) is 11.6. The van der Waals surface area contributed by atoms with Gasteiger partial charge in [-0.25, -0.2) is 0 Å². The van der Waals surface area contributed by atoms with E-state index in [1.807, 2.05) is 13.8 Å². The molecular formula is C18H27N3O3. The second-order valence-electron chi connectivity index (χ2n) is 7.74. The third kappa shape index (κ3) is 3.35. The second-order valence-corrected chi connectivity index (χ2v) is 7.74. The summed E-state index contributed by atoms with van der Waals surface area (Å²) in [6, 6.07) is 0. The molecule has 2 saturated heterocycles. The summed E-state index contributed by atoms with van der Waals surface area (Å²) in [5, 5.41) is 7.12. The van der Waals surface area contributed by atoms with Crippen LogP contribution in [0.4, 0.5) is 0 Å². The normalized spacial score (nSPS) is 29.8. The van der Waals surface area contributed by atoms with Crippen molar-refractivity contribution in [2.45, 2.75) is 45.8 Å². The summed E-state index contributed by atoms with van der Waals surface area (Å²) in [6.07, 6.45) is 3.42. The third-order valence-electron chi connectivity index (χ3n) is 5.81. The molecule has 3 aliphatic rings. The van der Waals surface area contributed by atoms with Crippen LogP contribution in [0.15, 0.2) is 4.52 Å². The van der Waals surface area contributed by atoms with Gasteiger partial charge in [0.15, 0.2) is 0 Å². The zero-order valence-corrected chi connectivity index (χ0v) is 14.6. The van der Waals surface area contributed by atoms with E-state index in [2.05, 4.69) is 15.4 Å². The first-order valence-electron chi connectivity index (χ1n) is 9.12. The number of hydrogen-bond acceptors (Lipinski definition) is 5. The van der Waals surface area contributed by atoms with E-state index in [1.165, 1.54) is 18.4 Å². The van der Waals surface area contributed by atoms with Crippen molar-refractivity contribution in [2.75, 3.05) is 26.2 Å². The van der Waals surface area contributed by atoms with E-state index in [-0.39, 0.29) is 12.0 Å². The molecule has 24 heavy (non-hydrogen) atoms. The highest BCUT2D eigenvalue weighted by Crippen LogP contribution is 2.36. The van der Waals surface area contributed by atoms with Gasteiger partial charge in [0.1, 0.15) is 5.76 Å². The minimum Gasteiger partial charge on any atom is -0.376 e. The van der Waals surface area contributed by atoms with Gasteiger partial charge in [-0.1, -0.05) is 5.16 Å². The molecule has 1 saturated carbocycles. The lowest BCUT2D eigenvalue weighted by Gasteiger charge is -2.19. The van der Waals surface area contributed by atoms with E-state index in [0.717, 1.165) is 50.2 Å². The van der Waals surface area contributed by atoms with Crippen LogP contribution in [-0.4, -0.2) is 48.3 Å². The van der Waals surface area contributed by atoms with Gasteiger partial charge < -0.3 is 14.6 Å². The minimum absolute atomic E-state index is 0.195. The first kappa shape index (κ1) is 16.1. The van der Waals surface area contributed by atoms with Crippen molar-refractivity contribution < 1.29 is 14.1 Å². The van der Waals surface area contributed by atoms with Gasteiger partial charge in [0.05, 0.1) is 18.4 Å². The number of carbonyl (C=O) groups is 1. The summed E-state index contributed by atoms with van der Waals surface area (Å²) in [4.78, 5) is 14.6. The van der Waals surface area contributed by atoms with Crippen molar-refractivity contribution in [1.82, 2.24) is 15.4 Å². The van der Waals surface area contributed by atoms with E-state index < -0.39 is 0 Å². The van der Waals surface area contributed by atoms with Crippen LogP contribution in [0.2, 0.25) is 0 Å². The predicted molar refractivity (Wildman–Crippen MR) is 88.3 cm³/mol. The lowest BCUT2D eigenvalue weighted by Crippen LogP contribution is -2.31. The maximum atomic E-state index is 12.1. The Labute approximate surface area is 142 Å². The number of carbonyl (C=O) groups excluding carboxylic acids is 1. The van der Waals surface area contributed by atoms with Crippen molar-refractivity contribution in [1.29, 1.82) is 0 Å². The van der Waals surface area contributed by atoms with Crippen LogP contribution >= 0.6 is 0 Å². The standard InChI is InChI=1S/C18H27N3O3/c1-11-15(12(2)24-20-11)7-21-8-16-14(10-23-17(16)9-21)5-18(22)19-6-13-3-4-13/h13-14,16-17H,3-10H2,1-2H3,(H,19,22)/t14-,16+,17+/m0/s1. The molecule has 0 spiro atoms. The second kappa shape index (κ2) is 6.48. The van der Waals surface area contributed by atoms with Crippen LogP contribution in [0.1, 0.15) is 36.3 Å². The maximum Gasteiger partial charge on any atom is 0.220 e. The van der Waals surface area contributed by atoms with E-state index in [9.17, 15) is 4.79 Å². The number of fused-ring (bicyclic) bond motifs is 1. The average Bonchev–Trinajstić information content (AvgIpc) is 3.09.